The van der Waals surface area contributed by atoms with Crippen molar-refractivity contribution in [3.05, 3.63) is 0 Å². The van der Waals surface area contributed by atoms with E-state index in [1.54, 1.807) is 0 Å². The zero-order valence-corrected chi connectivity index (χ0v) is 6.20. The molecule has 1 saturated carbocycles. The van der Waals surface area contributed by atoms with Crippen LogP contribution in [0.5, 0.6) is 0 Å². The van der Waals surface area contributed by atoms with Gasteiger partial charge in [0, 0.05) is 5.92 Å². The van der Waals surface area contributed by atoms with Gasteiger partial charge in [0.25, 0.3) is 0 Å². The van der Waals surface area contributed by atoms with Gasteiger partial charge in [-0.15, -0.1) is 0 Å². The summed E-state index contributed by atoms with van der Waals surface area (Å²) >= 11 is 0. The highest BCUT2D eigenvalue weighted by Crippen LogP contribution is 2.40. The zero-order chi connectivity index (χ0) is 9.52. The SMILES string of the molecule is OCC1C(O)C(O)C1(O)C(O)O. The number of aliphatic hydroxyl groups excluding tert-OH is 4. The number of hydrogen-bond acceptors (Lipinski definition) is 6. The first-order valence-corrected chi connectivity index (χ1v) is 3.51. The first-order chi connectivity index (χ1) is 5.46. The quantitative estimate of drug-likeness (QED) is 0.244. The van der Waals surface area contributed by atoms with Gasteiger partial charge in [-0.05, 0) is 0 Å². The zero-order valence-electron chi connectivity index (χ0n) is 6.20. The molecule has 0 heterocycles. The Kier molecular flexibility index (Phi) is 2.39. The second-order valence-electron chi connectivity index (χ2n) is 2.99. The molecular weight excluding hydrogens is 168 g/mol. The lowest BCUT2D eigenvalue weighted by molar-refractivity contribution is -0.338. The summed E-state index contributed by atoms with van der Waals surface area (Å²) < 4.78 is 0. The van der Waals surface area contributed by atoms with Crippen LogP contribution in [-0.2, 0) is 0 Å². The van der Waals surface area contributed by atoms with Crippen LogP contribution in [-0.4, -0.2) is 61.3 Å². The highest BCUT2D eigenvalue weighted by molar-refractivity contribution is 5.11. The van der Waals surface area contributed by atoms with Crippen LogP contribution in [0.1, 0.15) is 0 Å². The monoisotopic (exact) mass is 180 g/mol. The van der Waals surface area contributed by atoms with Crippen LogP contribution in [0.3, 0.4) is 0 Å². The summed E-state index contributed by atoms with van der Waals surface area (Å²) in [4.78, 5) is 0. The normalized spacial score (nSPS) is 47.8. The minimum Gasteiger partial charge on any atom is -0.396 e. The van der Waals surface area contributed by atoms with Crippen molar-refractivity contribution in [1.29, 1.82) is 0 Å². The average Bonchev–Trinajstić information content (AvgIpc) is 2.04. The van der Waals surface area contributed by atoms with E-state index < -0.39 is 36.6 Å². The van der Waals surface area contributed by atoms with Crippen LogP contribution in [0, 0.1) is 5.92 Å². The van der Waals surface area contributed by atoms with Crippen molar-refractivity contribution in [1.82, 2.24) is 0 Å². The standard InChI is InChI=1S/C6H12O6/c7-1-2-3(8)4(9)6(2,12)5(10)11/h2-5,7-12H,1H2. The second-order valence-corrected chi connectivity index (χ2v) is 2.99. The Bertz CT molecular complexity index is 171. The molecule has 0 aromatic carbocycles. The van der Waals surface area contributed by atoms with Gasteiger partial charge in [-0.2, -0.15) is 0 Å². The van der Waals surface area contributed by atoms with E-state index >= 15 is 0 Å². The van der Waals surface area contributed by atoms with Crippen molar-refractivity contribution in [2.45, 2.75) is 24.1 Å². The summed E-state index contributed by atoms with van der Waals surface area (Å²) in [5.74, 6) is -1.12. The lowest BCUT2D eigenvalue weighted by Crippen LogP contribution is -2.75. The van der Waals surface area contributed by atoms with Gasteiger partial charge >= 0.3 is 0 Å². The van der Waals surface area contributed by atoms with Crippen molar-refractivity contribution in [3.63, 3.8) is 0 Å². The highest BCUT2D eigenvalue weighted by Gasteiger charge is 2.64. The summed E-state index contributed by atoms with van der Waals surface area (Å²) in [6, 6.07) is 0. The Morgan fingerprint density at radius 3 is 2.00 bits per heavy atom. The molecule has 0 aliphatic heterocycles. The molecule has 0 bridgehead atoms. The summed E-state index contributed by atoms with van der Waals surface area (Å²) in [5.41, 5.74) is -2.21. The Morgan fingerprint density at radius 1 is 1.25 bits per heavy atom. The summed E-state index contributed by atoms with van der Waals surface area (Å²) in [5, 5.41) is 53.2. The van der Waals surface area contributed by atoms with E-state index in [4.69, 9.17) is 25.5 Å². The molecule has 0 spiro atoms. The van der Waals surface area contributed by atoms with E-state index in [0.717, 1.165) is 0 Å². The predicted molar refractivity (Wildman–Crippen MR) is 35.8 cm³/mol. The van der Waals surface area contributed by atoms with Crippen LogP contribution >= 0.6 is 0 Å². The maximum Gasteiger partial charge on any atom is 0.184 e. The maximum absolute atomic E-state index is 9.32. The van der Waals surface area contributed by atoms with Crippen LogP contribution in [0.15, 0.2) is 0 Å². The van der Waals surface area contributed by atoms with Gasteiger partial charge in [0.2, 0.25) is 0 Å². The van der Waals surface area contributed by atoms with E-state index in [0.29, 0.717) is 0 Å². The minimum atomic E-state index is -2.21. The summed E-state index contributed by atoms with van der Waals surface area (Å²) in [6.07, 6.45) is -5.12. The van der Waals surface area contributed by atoms with E-state index in [2.05, 4.69) is 0 Å². The third-order valence-corrected chi connectivity index (χ3v) is 2.41. The summed E-state index contributed by atoms with van der Waals surface area (Å²) in [7, 11) is 0. The average molecular weight is 180 g/mol. The van der Waals surface area contributed by atoms with Gasteiger partial charge in [0.15, 0.2) is 11.9 Å². The van der Waals surface area contributed by atoms with Crippen molar-refractivity contribution >= 4 is 0 Å². The van der Waals surface area contributed by atoms with E-state index in [1.165, 1.54) is 0 Å². The molecule has 6 nitrogen and oxygen atoms in total. The number of rotatable bonds is 2. The van der Waals surface area contributed by atoms with Gasteiger partial charge in [-0.1, -0.05) is 0 Å². The fourth-order valence-electron chi connectivity index (χ4n) is 1.47. The molecule has 1 aliphatic carbocycles. The molecule has 12 heavy (non-hydrogen) atoms. The van der Waals surface area contributed by atoms with Gasteiger partial charge in [-0.25, -0.2) is 0 Å². The number of hydrogen-bond donors (Lipinski definition) is 6. The lowest BCUT2D eigenvalue weighted by Gasteiger charge is -2.53. The van der Waals surface area contributed by atoms with E-state index in [-0.39, 0.29) is 0 Å². The number of aliphatic hydroxyl groups is 6. The van der Waals surface area contributed by atoms with Crippen molar-refractivity contribution in [3.8, 4) is 0 Å². The molecule has 1 rings (SSSR count). The van der Waals surface area contributed by atoms with Crippen LogP contribution in [0.4, 0.5) is 0 Å². The molecule has 4 unspecified atom stereocenters. The molecule has 0 aromatic rings. The van der Waals surface area contributed by atoms with Crippen LogP contribution in [0.25, 0.3) is 0 Å². The van der Waals surface area contributed by atoms with Crippen molar-refractivity contribution in [2.24, 2.45) is 5.92 Å². The Morgan fingerprint density at radius 2 is 1.75 bits per heavy atom. The molecule has 1 aliphatic rings. The largest absolute Gasteiger partial charge is 0.396 e. The molecule has 0 amide bonds. The van der Waals surface area contributed by atoms with Gasteiger partial charge in [-0.3, -0.25) is 0 Å². The van der Waals surface area contributed by atoms with Crippen molar-refractivity contribution < 1.29 is 30.6 Å². The molecule has 0 saturated heterocycles. The van der Waals surface area contributed by atoms with E-state index in [9.17, 15) is 5.11 Å². The lowest BCUT2D eigenvalue weighted by atomic mass is 9.64. The summed E-state index contributed by atoms with van der Waals surface area (Å²) in [6.45, 7) is -0.619. The fourth-order valence-corrected chi connectivity index (χ4v) is 1.47. The molecule has 72 valence electrons. The smallest absolute Gasteiger partial charge is 0.184 e. The third kappa shape index (κ3) is 0.972. The van der Waals surface area contributed by atoms with Gasteiger partial charge < -0.3 is 30.6 Å². The second kappa shape index (κ2) is 2.91. The molecular formula is C6H12O6. The molecule has 0 aromatic heterocycles. The predicted octanol–water partition coefficient (Wildman–Crippen LogP) is -3.63. The first-order valence-electron chi connectivity index (χ1n) is 3.51. The molecule has 0 radical (unpaired) electrons. The molecule has 1 fully saturated rings. The molecule has 6 N–H and O–H groups in total. The fraction of sp³-hybridized carbons (Fsp3) is 1.00. The molecule has 6 heteroatoms. The topological polar surface area (TPSA) is 121 Å². The van der Waals surface area contributed by atoms with Gasteiger partial charge in [0.1, 0.15) is 6.10 Å². The molecule has 4 atom stereocenters. The van der Waals surface area contributed by atoms with Crippen molar-refractivity contribution in [2.75, 3.05) is 6.61 Å². The maximum atomic E-state index is 9.32. The third-order valence-electron chi connectivity index (χ3n) is 2.41. The first kappa shape index (κ1) is 9.85. The van der Waals surface area contributed by atoms with Gasteiger partial charge in [0.05, 0.1) is 12.7 Å². The van der Waals surface area contributed by atoms with Crippen LogP contribution < -0.4 is 0 Å². The van der Waals surface area contributed by atoms with E-state index in [1.807, 2.05) is 0 Å². The highest BCUT2D eigenvalue weighted by atomic mass is 16.5. The van der Waals surface area contributed by atoms with Crippen LogP contribution in [0.2, 0.25) is 0 Å². The Labute approximate surface area is 68.3 Å². The Balaban J connectivity index is 2.76. The Hall–Kier alpha value is -0.240. The minimum absolute atomic E-state index is 0.619.